The summed E-state index contributed by atoms with van der Waals surface area (Å²) >= 11 is 0. The molecule has 4 rings (SSSR count). The molecular weight excluding hydrogens is 350 g/mol. The normalized spacial score (nSPS) is 17.4. The van der Waals surface area contributed by atoms with Crippen LogP contribution in [-0.4, -0.2) is 43.2 Å². The van der Waals surface area contributed by atoms with Gasteiger partial charge in [-0.15, -0.1) is 0 Å². The maximum absolute atomic E-state index is 12.8. The van der Waals surface area contributed by atoms with Crippen molar-refractivity contribution in [2.45, 2.75) is 58.5 Å². The lowest BCUT2D eigenvalue weighted by molar-refractivity contribution is -0.132. The van der Waals surface area contributed by atoms with E-state index < -0.39 is 0 Å². The van der Waals surface area contributed by atoms with Gasteiger partial charge in [0.25, 0.3) is 0 Å². The molecule has 1 unspecified atom stereocenters. The lowest BCUT2D eigenvalue weighted by Gasteiger charge is -2.33. The molecule has 0 N–H and O–H groups in total. The number of aromatic nitrogens is 4. The van der Waals surface area contributed by atoms with Crippen molar-refractivity contribution < 1.29 is 4.79 Å². The molecule has 3 aromatic rings. The highest BCUT2D eigenvalue weighted by molar-refractivity contribution is 5.77. The number of hydrogen-bond acceptors (Lipinski definition) is 3. The number of carbonyl (C=O) groups is 1. The number of fused-ring (bicyclic) bond motifs is 1. The van der Waals surface area contributed by atoms with E-state index in [0.29, 0.717) is 18.9 Å². The molecule has 1 atom stereocenters. The van der Waals surface area contributed by atoms with Crippen molar-refractivity contribution in [2.24, 2.45) is 0 Å². The summed E-state index contributed by atoms with van der Waals surface area (Å²) in [6, 6.07) is 10.3. The highest BCUT2D eigenvalue weighted by atomic mass is 16.2. The van der Waals surface area contributed by atoms with Crippen LogP contribution in [0.4, 0.5) is 0 Å². The van der Waals surface area contributed by atoms with Crippen LogP contribution in [0.1, 0.15) is 50.0 Å². The number of para-hydroxylation sites is 2. The number of amides is 1. The van der Waals surface area contributed by atoms with Crippen LogP contribution in [0.2, 0.25) is 0 Å². The summed E-state index contributed by atoms with van der Waals surface area (Å²) < 4.78 is 4.26. The predicted molar refractivity (Wildman–Crippen MR) is 110 cm³/mol. The molecule has 1 fully saturated rings. The number of nitrogens with zero attached hydrogens (tertiary/aromatic N) is 5. The van der Waals surface area contributed by atoms with Crippen molar-refractivity contribution in [3.8, 4) is 0 Å². The van der Waals surface area contributed by atoms with Crippen LogP contribution in [-0.2, 0) is 17.9 Å². The zero-order valence-corrected chi connectivity index (χ0v) is 16.8. The summed E-state index contributed by atoms with van der Waals surface area (Å²) in [6.07, 6.45) is 5.49. The fourth-order valence-corrected chi connectivity index (χ4v) is 4.27. The Labute approximate surface area is 166 Å². The number of piperidine rings is 1. The van der Waals surface area contributed by atoms with Gasteiger partial charge in [-0.05, 0) is 44.4 Å². The topological polar surface area (TPSA) is 56.0 Å². The fourth-order valence-electron chi connectivity index (χ4n) is 4.27. The van der Waals surface area contributed by atoms with E-state index >= 15 is 0 Å². The summed E-state index contributed by atoms with van der Waals surface area (Å²) in [4.78, 5) is 19.8. The number of carbonyl (C=O) groups excluding carboxylic acids is 1. The van der Waals surface area contributed by atoms with E-state index in [4.69, 9.17) is 4.98 Å². The van der Waals surface area contributed by atoms with Gasteiger partial charge in [0.2, 0.25) is 5.91 Å². The van der Waals surface area contributed by atoms with Gasteiger partial charge in [-0.3, -0.25) is 9.48 Å². The zero-order valence-electron chi connectivity index (χ0n) is 16.8. The van der Waals surface area contributed by atoms with Crippen molar-refractivity contribution in [3.05, 3.63) is 48.0 Å². The molecule has 28 heavy (non-hydrogen) atoms. The quantitative estimate of drug-likeness (QED) is 0.655. The van der Waals surface area contributed by atoms with Gasteiger partial charge in [-0.25, -0.2) is 4.98 Å². The van der Waals surface area contributed by atoms with Crippen LogP contribution >= 0.6 is 0 Å². The van der Waals surface area contributed by atoms with E-state index in [1.54, 1.807) is 6.20 Å². The molecule has 6 nitrogen and oxygen atoms in total. The number of aryl methyl sites for hydroxylation is 3. The summed E-state index contributed by atoms with van der Waals surface area (Å²) in [6.45, 7) is 7.45. The summed E-state index contributed by atoms with van der Waals surface area (Å²) in [5.74, 6) is 1.67. The monoisotopic (exact) mass is 379 g/mol. The Bertz CT molecular complexity index is 957. The van der Waals surface area contributed by atoms with Crippen molar-refractivity contribution in [1.29, 1.82) is 0 Å². The van der Waals surface area contributed by atoms with E-state index in [0.717, 1.165) is 55.9 Å². The van der Waals surface area contributed by atoms with Crippen molar-refractivity contribution in [3.63, 3.8) is 0 Å². The molecule has 0 radical (unpaired) electrons. The highest BCUT2D eigenvalue weighted by Gasteiger charge is 2.28. The second kappa shape index (κ2) is 8.17. The van der Waals surface area contributed by atoms with Gasteiger partial charge < -0.3 is 9.47 Å². The number of imidazole rings is 1. The molecule has 1 aliphatic rings. The molecule has 1 saturated heterocycles. The van der Waals surface area contributed by atoms with E-state index in [9.17, 15) is 4.79 Å². The van der Waals surface area contributed by atoms with Gasteiger partial charge in [0.05, 0.1) is 11.0 Å². The van der Waals surface area contributed by atoms with E-state index in [-0.39, 0.29) is 5.91 Å². The Hall–Kier alpha value is -2.63. The molecule has 1 aromatic carbocycles. The Morgan fingerprint density at radius 3 is 2.86 bits per heavy atom. The third kappa shape index (κ3) is 3.68. The van der Waals surface area contributed by atoms with Gasteiger partial charge in [-0.1, -0.05) is 19.1 Å². The minimum atomic E-state index is 0.220. The maximum Gasteiger partial charge on any atom is 0.224 e. The van der Waals surface area contributed by atoms with Crippen molar-refractivity contribution in [1.82, 2.24) is 24.2 Å². The predicted octanol–water partition coefficient (Wildman–Crippen LogP) is 3.75. The van der Waals surface area contributed by atoms with Gasteiger partial charge in [-0.2, -0.15) is 5.10 Å². The minimum Gasteiger partial charge on any atom is -0.342 e. The van der Waals surface area contributed by atoms with Crippen LogP contribution in [0.15, 0.2) is 36.5 Å². The molecule has 0 saturated carbocycles. The third-order valence-electron chi connectivity index (χ3n) is 5.74. The Kier molecular flexibility index (Phi) is 5.46. The van der Waals surface area contributed by atoms with Gasteiger partial charge >= 0.3 is 0 Å². The smallest absolute Gasteiger partial charge is 0.224 e. The largest absolute Gasteiger partial charge is 0.342 e. The number of rotatable bonds is 6. The molecule has 1 aliphatic heterocycles. The van der Waals surface area contributed by atoms with Crippen LogP contribution in [0.5, 0.6) is 0 Å². The van der Waals surface area contributed by atoms with Crippen LogP contribution in [0.25, 0.3) is 11.0 Å². The summed E-state index contributed by atoms with van der Waals surface area (Å²) in [5, 5.41) is 4.28. The molecule has 6 heteroatoms. The van der Waals surface area contributed by atoms with E-state index in [1.807, 2.05) is 28.6 Å². The van der Waals surface area contributed by atoms with Gasteiger partial charge in [0, 0.05) is 50.4 Å². The first-order valence-electron chi connectivity index (χ1n) is 10.4. The Morgan fingerprint density at radius 2 is 2.07 bits per heavy atom. The molecule has 1 amide bonds. The first-order chi connectivity index (χ1) is 13.7. The standard InChI is InChI=1S/C22H29N5O/c1-3-13-26-20-9-5-4-8-19(20)24-22(26)18-7-6-14-25(16-18)21(28)11-15-27-17(2)10-12-23-27/h4-5,8-10,12,18H,3,6-7,11,13-16H2,1-2H3. The zero-order chi connectivity index (χ0) is 19.5. The lowest BCUT2D eigenvalue weighted by Crippen LogP contribution is -2.40. The molecule has 2 aromatic heterocycles. The van der Waals surface area contributed by atoms with E-state index in [2.05, 4.69) is 34.8 Å². The van der Waals surface area contributed by atoms with Crippen LogP contribution in [0.3, 0.4) is 0 Å². The number of hydrogen-bond donors (Lipinski definition) is 0. The molecular formula is C22H29N5O. The molecule has 148 valence electrons. The fraction of sp³-hybridized carbons (Fsp3) is 0.500. The minimum absolute atomic E-state index is 0.220. The molecule has 0 spiro atoms. The van der Waals surface area contributed by atoms with Crippen molar-refractivity contribution >= 4 is 16.9 Å². The first-order valence-corrected chi connectivity index (χ1v) is 10.4. The SMILES string of the molecule is CCCn1c(C2CCCN(C(=O)CCn3nccc3C)C2)nc2ccccc21. The lowest BCUT2D eigenvalue weighted by atomic mass is 9.96. The van der Waals surface area contributed by atoms with Crippen molar-refractivity contribution in [2.75, 3.05) is 13.1 Å². The van der Waals surface area contributed by atoms with Crippen LogP contribution in [0, 0.1) is 6.92 Å². The Balaban J connectivity index is 1.49. The second-order valence-corrected chi connectivity index (χ2v) is 7.73. The molecule has 0 aliphatic carbocycles. The summed E-state index contributed by atoms with van der Waals surface area (Å²) in [7, 11) is 0. The summed E-state index contributed by atoms with van der Waals surface area (Å²) in [5.41, 5.74) is 3.36. The highest BCUT2D eigenvalue weighted by Crippen LogP contribution is 2.30. The van der Waals surface area contributed by atoms with E-state index in [1.165, 1.54) is 5.52 Å². The number of benzene rings is 1. The molecule has 3 heterocycles. The third-order valence-corrected chi connectivity index (χ3v) is 5.74. The maximum atomic E-state index is 12.8. The molecule has 0 bridgehead atoms. The van der Waals surface area contributed by atoms with Gasteiger partial charge in [0.1, 0.15) is 5.82 Å². The average Bonchev–Trinajstić information content (AvgIpc) is 3.30. The number of likely N-dealkylation sites (tertiary alicyclic amines) is 1. The second-order valence-electron chi connectivity index (χ2n) is 7.73. The first kappa shape index (κ1) is 18.7. The Morgan fingerprint density at radius 1 is 1.21 bits per heavy atom. The average molecular weight is 380 g/mol. The van der Waals surface area contributed by atoms with Crippen LogP contribution < -0.4 is 0 Å². The van der Waals surface area contributed by atoms with Gasteiger partial charge in [0.15, 0.2) is 0 Å².